The first-order valence-electron chi connectivity index (χ1n) is 6.61. The van der Waals surface area contributed by atoms with E-state index in [4.69, 9.17) is 4.74 Å². The van der Waals surface area contributed by atoms with E-state index in [9.17, 15) is 9.90 Å². The first-order valence-corrected chi connectivity index (χ1v) is 6.61. The Morgan fingerprint density at radius 3 is 3.05 bits per heavy atom. The minimum Gasteiger partial charge on any atom is -0.506 e. The van der Waals surface area contributed by atoms with Gasteiger partial charge in [-0.3, -0.25) is 9.78 Å². The van der Waals surface area contributed by atoms with Gasteiger partial charge < -0.3 is 15.2 Å². The van der Waals surface area contributed by atoms with Crippen LogP contribution in [0.2, 0.25) is 0 Å². The van der Waals surface area contributed by atoms with Crippen LogP contribution in [-0.2, 0) is 4.74 Å². The molecule has 2 atom stereocenters. The lowest BCUT2D eigenvalue weighted by Gasteiger charge is -2.22. The minimum absolute atomic E-state index is 0.00286. The van der Waals surface area contributed by atoms with Crippen LogP contribution >= 0.6 is 0 Å². The fraction of sp³-hybridized carbons (Fsp3) is 0.571. The number of nitrogens with zero attached hydrogens (tertiary/aromatic N) is 1. The Hall–Kier alpha value is -1.62. The molecule has 0 unspecified atom stereocenters. The molecular formula is C14H20N2O3. The van der Waals surface area contributed by atoms with Crippen molar-refractivity contribution in [2.24, 2.45) is 11.8 Å². The van der Waals surface area contributed by atoms with Crippen LogP contribution in [0.25, 0.3) is 0 Å². The second kappa shape index (κ2) is 6.02. The fourth-order valence-electron chi connectivity index (χ4n) is 2.49. The van der Waals surface area contributed by atoms with E-state index in [1.807, 2.05) is 0 Å². The van der Waals surface area contributed by atoms with Crippen LogP contribution in [0.1, 0.15) is 30.6 Å². The monoisotopic (exact) mass is 264 g/mol. The van der Waals surface area contributed by atoms with E-state index in [0.29, 0.717) is 23.9 Å². The highest BCUT2D eigenvalue weighted by Gasteiger charge is 2.30. The molecule has 104 valence electrons. The van der Waals surface area contributed by atoms with Crippen molar-refractivity contribution >= 4 is 5.91 Å². The third kappa shape index (κ3) is 3.44. The van der Waals surface area contributed by atoms with Gasteiger partial charge in [-0.15, -0.1) is 0 Å². The van der Waals surface area contributed by atoms with Crippen LogP contribution in [0, 0.1) is 11.8 Å². The van der Waals surface area contributed by atoms with Gasteiger partial charge >= 0.3 is 0 Å². The van der Waals surface area contributed by atoms with E-state index in [1.54, 1.807) is 0 Å². The lowest BCUT2D eigenvalue weighted by atomic mass is 9.93. The molecule has 1 aliphatic rings. The van der Waals surface area contributed by atoms with Crippen molar-refractivity contribution in [2.45, 2.75) is 26.4 Å². The standard InChI is InChI=1S/C14H20N2O3/c1-9(2)13-10(3-4-19-13)7-16-14(18)11-5-12(17)8-15-6-11/h5-6,8-10,13,17H,3-4,7H2,1-2H3,(H,16,18)/t10-,13-/m1/s1. The summed E-state index contributed by atoms with van der Waals surface area (Å²) in [4.78, 5) is 15.7. The minimum atomic E-state index is -0.210. The summed E-state index contributed by atoms with van der Waals surface area (Å²) >= 11 is 0. The number of rotatable bonds is 4. The quantitative estimate of drug-likeness (QED) is 0.866. The second-order valence-electron chi connectivity index (χ2n) is 5.27. The molecule has 1 fully saturated rings. The first-order chi connectivity index (χ1) is 9.08. The topological polar surface area (TPSA) is 71.5 Å². The zero-order chi connectivity index (χ0) is 13.8. The number of pyridine rings is 1. The highest BCUT2D eigenvalue weighted by atomic mass is 16.5. The van der Waals surface area contributed by atoms with Gasteiger partial charge in [0.05, 0.1) is 17.9 Å². The van der Waals surface area contributed by atoms with Gasteiger partial charge in [-0.05, 0) is 18.4 Å². The lowest BCUT2D eigenvalue weighted by Crippen LogP contribution is -2.34. The molecule has 1 aromatic heterocycles. The van der Waals surface area contributed by atoms with E-state index in [0.717, 1.165) is 13.0 Å². The van der Waals surface area contributed by atoms with Crippen molar-refractivity contribution < 1.29 is 14.6 Å². The number of ether oxygens (including phenoxy) is 1. The summed E-state index contributed by atoms with van der Waals surface area (Å²) < 4.78 is 5.68. The maximum absolute atomic E-state index is 11.9. The molecule has 2 rings (SSSR count). The third-order valence-electron chi connectivity index (χ3n) is 3.43. The Balaban J connectivity index is 1.90. The molecule has 0 radical (unpaired) electrons. The molecule has 0 spiro atoms. The van der Waals surface area contributed by atoms with Crippen LogP contribution in [-0.4, -0.2) is 35.3 Å². The molecule has 1 aromatic rings. The average molecular weight is 264 g/mol. The number of carbonyl (C=O) groups excluding carboxylic acids is 1. The molecule has 1 amide bonds. The van der Waals surface area contributed by atoms with Gasteiger partial charge in [-0.25, -0.2) is 0 Å². The van der Waals surface area contributed by atoms with Crippen LogP contribution < -0.4 is 5.32 Å². The number of aromatic hydroxyl groups is 1. The number of nitrogens with one attached hydrogen (secondary N) is 1. The molecule has 0 aliphatic carbocycles. The summed E-state index contributed by atoms with van der Waals surface area (Å²) in [7, 11) is 0. The molecule has 1 aliphatic heterocycles. The maximum atomic E-state index is 11.9. The Labute approximate surface area is 113 Å². The van der Waals surface area contributed by atoms with Crippen LogP contribution in [0.15, 0.2) is 18.5 Å². The van der Waals surface area contributed by atoms with Crippen LogP contribution in [0.3, 0.4) is 0 Å². The molecule has 19 heavy (non-hydrogen) atoms. The normalized spacial score (nSPS) is 22.7. The van der Waals surface area contributed by atoms with Gasteiger partial charge in [0, 0.05) is 25.3 Å². The highest BCUT2D eigenvalue weighted by Crippen LogP contribution is 2.26. The fourth-order valence-corrected chi connectivity index (χ4v) is 2.49. The molecule has 2 N–H and O–H groups in total. The summed E-state index contributed by atoms with van der Waals surface area (Å²) in [5.41, 5.74) is 0.375. The summed E-state index contributed by atoms with van der Waals surface area (Å²) in [5.74, 6) is 0.593. The highest BCUT2D eigenvalue weighted by molar-refractivity contribution is 5.94. The predicted molar refractivity (Wildman–Crippen MR) is 70.9 cm³/mol. The predicted octanol–water partition coefficient (Wildman–Crippen LogP) is 1.58. The molecule has 2 heterocycles. The number of carbonyl (C=O) groups is 1. The SMILES string of the molecule is CC(C)[C@H]1OCC[C@@H]1CNC(=O)c1cncc(O)c1. The van der Waals surface area contributed by atoms with Gasteiger partial charge in [0.2, 0.25) is 0 Å². The van der Waals surface area contributed by atoms with Gasteiger partial charge in [0.1, 0.15) is 5.75 Å². The maximum Gasteiger partial charge on any atom is 0.252 e. The van der Waals surface area contributed by atoms with Gasteiger partial charge in [0.15, 0.2) is 0 Å². The molecule has 5 nitrogen and oxygen atoms in total. The number of hydrogen-bond acceptors (Lipinski definition) is 4. The summed E-state index contributed by atoms with van der Waals surface area (Å²) in [6.07, 6.45) is 3.93. The van der Waals surface area contributed by atoms with E-state index in [-0.39, 0.29) is 17.8 Å². The molecule has 0 aromatic carbocycles. The smallest absolute Gasteiger partial charge is 0.252 e. The zero-order valence-electron chi connectivity index (χ0n) is 11.3. The lowest BCUT2D eigenvalue weighted by molar-refractivity contribution is 0.0533. The first kappa shape index (κ1) is 13.8. The van der Waals surface area contributed by atoms with Crippen molar-refractivity contribution in [3.8, 4) is 5.75 Å². The van der Waals surface area contributed by atoms with Crippen molar-refractivity contribution in [2.75, 3.05) is 13.2 Å². The van der Waals surface area contributed by atoms with E-state index in [2.05, 4.69) is 24.1 Å². The summed E-state index contributed by atoms with van der Waals surface area (Å²) in [5, 5.41) is 12.2. The Morgan fingerprint density at radius 2 is 2.37 bits per heavy atom. The Kier molecular flexibility index (Phi) is 4.37. The third-order valence-corrected chi connectivity index (χ3v) is 3.43. The van der Waals surface area contributed by atoms with Crippen molar-refractivity contribution in [3.05, 3.63) is 24.0 Å². The number of hydrogen-bond donors (Lipinski definition) is 2. The summed E-state index contributed by atoms with van der Waals surface area (Å²) in [6.45, 7) is 5.61. The summed E-state index contributed by atoms with van der Waals surface area (Å²) in [6, 6.07) is 1.41. The van der Waals surface area contributed by atoms with Gasteiger partial charge in [-0.2, -0.15) is 0 Å². The largest absolute Gasteiger partial charge is 0.506 e. The van der Waals surface area contributed by atoms with Crippen molar-refractivity contribution in [1.82, 2.24) is 10.3 Å². The van der Waals surface area contributed by atoms with E-state index >= 15 is 0 Å². The molecule has 5 heteroatoms. The Morgan fingerprint density at radius 1 is 1.58 bits per heavy atom. The van der Waals surface area contributed by atoms with Crippen molar-refractivity contribution in [1.29, 1.82) is 0 Å². The number of aromatic nitrogens is 1. The van der Waals surface area contributed by atoms with E-state index in [1.165, 1.54) is 18.5 Å². The van der Waals surface area contributed by atoms with Crippen LogP contribution in [0.5, 0.6) is 5.75 Å². The molecule has 0 bridgehead atoms. The van der Waals surface area contributed by atoms with Crippen molar-refractivity contribution in [3.63, 3.8) is 0 Å². The Bertz CT molecular complexity index is 448. The average Bonchev–Trinajstić information content (AvgIpc) is 2.84. The van der Waals surface area contributed by atoms with Crippen LogP contribution in [0.4, 0.5) is 0 Å². The van der Waals surface area contributed by atoms with Gasteiger partial charge in [0.25, 0.3) is 5.91 Å². The zero-order valence-corrected chi connectivity index (χ0v) is 11.3. The molecule has 1 saturated heterocycles. The molecular weight excluding hydrogens is 244 g/mol. The van der Waals surface area contributed by atoms with Gasteiger partial charge in [-0.1, -0.05) is 13.8 Å². The molecule has 0 saturated carbocycles. The number of amides is 1. The van der Waals surface area contributed by atoms with E-state index < -0.39 is 0 Å². The second-order valence-corrected chi connectivity index (χ2v) is 5.27.